The van der Waals surface area contributed by atoms with Gasteiger partial charge < -0.3 is 5.11 Å². The molecule has 0 fully saturated rings. The molecule has 20 heavy (non-hydrogen) atoms. The van der Waals surface area contributed by atoms with Gasteiger partial charge in [0.1, 0.15) is 0 Å². The van der Waals surface area contributed by atoms with Crippen molar-refractivity contribution in [2.24, 2.45) is 0 Å². The molecule has 0 heterocycles. The first-order chi connectivity index (χ1) is 9.47. The predicted molar refractivity (Wildman–Crippen MR) is 81.8 cm³/mol. The van der Waals surface area contributed by atoms with Crippen LogP contribution < -0.4 is 0 Å². The second kappa shape index (κ2) is 6.29. The van der Waals surface area contributed by atoms with E-state index in [-0.39, 0.29) is 6.42 Å². The maximum atomic E-state index is 11.0. The van der Waals surface area contributed by atoms with Gasteiger partial charge in [0.2, 0.25) is 0 Å². The lowest BCUT2D eigenvalue weighted by molar-refractivity contribution is -0.136. The van der Waals surface area contributed by atoms with E-state index < -0.39 is 5.97 Å². The van der Waals surface area contributed by atoms with Crippen LogP contribution >= 0.6 is 23.2 Å². The van der Waals surface area contributed by atoms with Gasteiger partial charge in [0.15, 0.2) is 0 Å². The van der Waals surface area contributed by atoms with Crippen LogP contribution in [0.3, 0.4) is 0 Å². The summed E-state index contributed by atoms with van der Waals surface area (Å²) in [6.45, 7) is 1.94. The van der Waals surface area contributed by atoms with Gasteiger partial charge in [0.25, 0.3) is 0 Å². The van der Waals surface area contributed by atoms with E-state index in [9.17, 15) is 4.79 Å². The fourth-order valence-corrected chi connectivity index (χ4v) is 2.68. The van der Waals surface area contributed by atoms with Crippen LogP contribution in [0.15, 0.2) is 36.4 Å². The molecule has 0 aliphatic carbocycles. The third-order valence-corrected chi connectivity index (χ3v) is 3.84. The molecule has 0 bridgehead atoms. The molecule has 0 aliphatic heterocycles. The molecule has 2 aromatic carbocycles. The molecule has 0 radical (unpaired) electrons. The first-order valence-electron chi connectivity index (χ1n) is 6.20. The van der Waals surface area contributed by atoms with Crippen molar-refractivity contribution in [2.75, 3.05) is 0 Å². The van der Waals surface area contributed by atoms with E-state index in [1.54, 1.807) is 18.2 Å². The number of aryl methyl sites for hydroxylation is 1. The molecule has 2 nitrogen and oxygen atoms in total. The van der Waals surface area contributed by atoms with Crippen molar-refractivity contribution >= 4 is 29.2 Å². The molecule has 0 atom stereocenters. The summed E-state index contributed by atoms with van der Waals surface area (Å²) in [6.07, 6.45) is 0.528. The quantitative estimate of drug-likeness (QED) is 0.901. The average molecular weight is 309 g/mol. The normalized spacial score (nSPS) is 10.6. The van der Waals surface area contributed by atoms with Crippen molar-refractivity contribution in [1.82, 2.24) is 0 Å². The van der Waals surface area contributed by atoms with Crippen LogP contribution in [-0.2, 0) is 17.6 Å². The number of rotatable bonds is 4. The zero-order valence-electron chi connectivity index (χ0n) is 11.0. The molecule has 0 saturated heterocycles. The molecule has 0 unspecified atom stereocenters. The Kier molecular flexibility index (Phi) is 4.69. The van der Waals surface area contributed by atoms with Gasteiger partial charge in [-0.3, -0.25) is 4.79 Å². The van der Waals surface area contributed by atoms with E-state index in [0.29, 0.717) is 16.5 Å². The highest BCUT2D eigenvalue weighted by Crippen LogP contribution is 2.28. The Balaban J connectivity index is 2.40. The van der Waals surface area contributed by atoms with Crippen LogP contribution in [0.4, 0.5) is 0 Å². The molecule has 0 spiro atoms. The molecule has 104 valence electrons. The van der Waals surface area contributed by atoms with E-state index in [4.69, 9.17) is 28.3 Å². The molecule has 2 aromatic rings. The third-order valence-electron chi connectivity index (χ3n) is 3.13. The lowest BCUT2D eigenvalue weighted by Gasteiger charge is -2.11. The molecule has 0 aromatic heterocycles. The number of benzene rings is 2. The van der Waals surface area contributed by atoms with E-state index in [2.05, 4.69) is 0 Å². The minimum Gasteiger partial charge on any atom is -0.481 e. The highest BCUT2D eigenvalue weighted by Gasteiger charge is 2.11. The summed E-state index contributed by atoms with van der Waals surface area (Å²) in [7, 11) is 0. The van der Waals surface area contributed by atoms with Crippen LogP contribution in [0.1, 0.15) is 22.3 Å². The molecule has 0 aliphatic rings. The van der Waals surface area contributed by atoms with Gasteiger partial charge in [-0.1, -0.05) is 53.0 Å². The molecule has 2 rings (SSSR count). The van der Waals surface area contributed by atoms with Gasteiger partial charge in [-0.25, -0.2) is 0 Å². The van der Waals surface area contributed by atoms with Crippen LogP contribution in [0.25, 0.3) is 0 Å². The zero-order chi connectivity index (χ0) is 14.7. The Labute approximate surface area is 128 Å². The maximum Gasteiger partial charge on any atom is 0.307 e. The Morgan fingerprint density at radius 1 is 1.10 bits per heavy atom. The number of aliphatic carboxylic acids is 1. The topological polar surface area (TPSA) is 37.3 Å². The Hall–Kier alpha value is -1.51. The minimum absolute atomic E-state index is 0.000908. The second-order valence-corrected chi connectivity index (χ2v) is 5.53. The van der Waals surface area contributed by atoms with Gasteiger partial charge in [-0.15, -0.1) is 0 Å². The standard InChI is InChI=1S/C16H14Cl2O2/c1-10-5-6-11(12(7-10)9-16(19)20)8-13-14(17)3-2-4-15(13)18/h2-7H,8-9H2,1H3,(H,19,20). The minimum atomic E-state index is -0.845. The molecule has 4 heteroatoms. The van der Waals surface area contributed by atoms with Crippen molar-refractivity contribution in [2.45, 2.75) is 19.8 Å². The highest BCUT2D eigenvalue weighted by molar-refractivity contribution is 6.36. The maximum absolute atomic E-state index is 11.0. The van der Waals surface area contributed by atoms with E-state index in [1.165, 1.54) is 0 Å². The first-order valence-corrected chi connectivity index (χ1v) is 6.96. The number of hydrogen-bond acceptors (Lipinski definition) is 1. The monoisotopic (exact) mass is 308 g/mol. The molecular formula is C16H14Cl2O2. The first kappa shape index (κ1) is 14.9. The fourth-order valence-electron chi connectivity index (χ4n) is 2.15. The van der Waals surface area contributed by atoms with Crippen molar-refractivity contribution in [3.63, 3.8) is 0 Å². The second-order valence-electron chi connectivity index (χ2n) is 4.72. The summed E-state index contributed by atoms with van der Waals surface area (Å²) >= 11 is 12.3. The molecular weight excluding hydrogens is 295 g/mol. The summed E-state index contributed by atoms with van der Waals surface area (Å²) in [5, 5.41) is 10.2. The van der Waals surface area contributed by atoms with Gasteiger partial charge in [-0.2, -0.15) is 0 Å². The SMILES string of the molecule is Cc1ccc(Cc2c(Cl)cccc2Cl)c(CC(=O)O)c1. The Morgan fingerprint density at radius 3 is 2.35 bits per heavy atom. The third kappa shape index (κ3) is 3.53. The summed E-state index contributed by atoms with van der Waals surface area (Å²) in [5.41, 5.74) is 3.60. The Bertz CT molecular complexity index is 631. The fraction of sp³-hybridized carbons (Fsp3) is 0.188. The van der Waals surface area contributed by atoms with Crippen molar-refractivity contribution < 1.29 is 9.90 Å². The van der Waals surface area contributed by atoms with Crippen molar-refractivity contribution in [3.05, 3.63) is 68.7 Å². The number of carboxylic acids is 1. The summed E-state index contributed by atoms with van der Waals surface area (Å²) in [6, 6.07) is 11.2. The van der Waals surface area contributed by atoms with E-state index >= 15 is 0 Å². The highest BCUT2D eigenvalue weighted by atomic mass is 35.5. The van der Waals surface area contributed by atoms with Gasteiger partial charge >= 0.3 is 5.97 Å². The lowest BCUT2D eigenvalue weighted by atomic mass is 9.96. The number of halogens is 2. The smallest absolute Gasteiger partial charge is 0.307 e. The predicted octanol–water partition coefficient (Wildman–Crippen LogP) is 4.52. The Morgan fingerprint density at radius 2 is 1.75 bits per heavy atom. The van der Waals surface area contributed by atoms with E-state index in [1.807, 2.05) is 25.1 Å². The number of carbonyl (C=O) groups is 1. The number of hydrogen-bond donors (Lipinski definition) is 1. The largest absolute Gasteiger partial charge is 0.481 e. The van der Waals surface area contributed by atoms with E-state index in [0.717, 1.165) is 22.3 Å². The van der Waals surface area contributed by atoms with Crippen LogP contribution in [0.5, 0.6) is 0 Å². The average Bonchev–Trinajstić information content (AvgIpc) is 2.35. The van der Waals surface area contributed by atoms with Crippen molar-refractivity contribution in [3.8, 4) is 0 Å². The zero-order valence-corrected chi connectivity index (χ0v) is 12.5. The van der Waals surface area contributed by atoms with Gasteiger partial charge in [0.05, 0.1) is 6.42 Å². The summed E-state index contributed by atoms with van der Waals surface area (Å²) in [5.74, 6) is -0.845. The lowest BCUT2D eigenvalue weighted by Crippen LogP contribution is -2.05. The summed E-state index contributed by atoms with van der Waals surface area (Å²) < 4.78 is 0. The molecule has 0 saturated carbocycles. The molecule has 0 amide bonds. The van der Waals surface area contributed by atoms with Crippen molar-refractivity contribution in [1.29, 1.82) is 0 Å². The van der Waals surface area contributed by atoms with Crippen LogP contribution in [0.2, 0.25) is 10.0 Å². The van der Waals surface area contributed by atoms with Crippen LogP contribution in [0, 0.1) is 6.92 Å². The van der Waals surface area contributed by atoms with Gasteiger partial charge in [0, 0.05) is 16.5 Å². The van der Waals surface area contributed by atoms with Gasteiger partial charge in [-0.05, 0) is 35.7 Å². The van der Waals surface area contributed by atoms with Crippen LogP contribution in [-0.4, -0.2) is 11.1 Å². The molecule has 1 N–H and O–H groups in total. The summed E-state index contributed by atoms with van der Waals surface area (Å²) in [4.78, 5) is 11.0. The number of carboxylic acid groups (broad SMARTS) is 1.